The second-order valence-electron chi connectivity index (χ2n) is 5.50. The van der Waals surface area contributed by atoms with Crippen molar-refractivity contribution in [1.29, 1.82) is 0 Å². The monoisotopic (exact) mass is 269 g/mol. The Hall–Kier alpha value is -1.44. The van der Waals surface area contributed by atoms with E-state index in [0.717, 1.165) is 0 Å². The summed E-state index contributed by atoms with van der Waals surface area (Å²) < 4.78 is 1.35. The Kier molecular flexibility index (Phi) is 3.62. The molecule has 1 aliphatic rings. The summed E-state index contributed by atoms with van der Waals surface area (Å²) in [4.78, 5) is 15.3. The van der Waals surface area contributed by atoms with Gasteiger partial charge in [0.25, 0.3) is 0 Å². The molecule has 0 spiro atoms. The van der Waals surface area contributed by atoms with Gasteiger partial charge in [0.15, 0.2) is 0 Å². The van der Waals surface area contributed by atoms with Crippen LogP contribution in [0, 0.1) is 11.3 Å². The van der Waals surface area contributed by atoms with Gasteiger partial charge in [0.2, 0.25) is 0 Å². The number of hydrogen-bond donors (Lipinski definition) is 4. The van der Waals surface area contributed by atoms with Crippen molar-refractivity contribution in [2.45, 2.75) is 32.1 Å². The van der Waals surface area contributed by atoms with Crippen LogP contribution in [0.2, 0.25) is 0 Å². The maximum absolute atomic E-state index is 11.7. The molecule has 1 fully saturated rings. The Labute approximate surface area is 110 Å². The van der Waals surface area contributed by atoms with E-state index in [-0.39, 0.29) is 24.9 Å². The number of aliphatic hydroxyl groups is 3. The van der Waals surface area contributed by atoms with E-state index in [1.807, 2.05) is 0 Å². The smallest absolute Gasteiger partial charge is 0.349 e. The SMILES string of the molecule is C[C@@]1(Cn2ccc(N)nc2=O)C[C@H](CO)[C@H](O)C1O. The first-order chi connectivity index (χ1) is 8.87. The predicted molar refractivity (Wildman–Crippen MR) is 68.2 cm³/mol. The molecule has 4 atom stereocenters. The largest absolute Gasteiger partial charge is 0.396 e. The second-order valence-corrected chi connectivity index (χ2v) is 5.50. The van der Waals surface area contributed by atoms with E-state index in [1.54, 1.807) is 6.92 Å². The fourth-order valence-electron chi connectivity index (χ4n) is 2.79. The van der Waals surface area contributed by atoms with Crippen LogP contribution in [0.25, 0.3) is 0 Å². The quantitative estimate of drug-likeness (QED) is 0.533. The molecule has 7 nitrogen and oxygen atoms in total. The fraction of sp³-hybridized carbons (Fsp3) is 0.667. The van der Waals surface area contributed by atoms with Gasteiger partial charge in [-0.25, -0.2) is 4.79 Å². The summed E-state index contributed by atoms with van der Waals surface area (Å²) in [6.07, 6.45) is -0.0224. The number of rotatable bonds is 3. The maximum atomic E-state index is 11.7. The van der Waals surface area contributed by atoms with Crippen molar-refractivity contribution < 1.29 is 15.3 Å². The zero-order chi connectivity index (χ0) is 14.2. The molecule has 7 heteroatoms. The molecule has 0 radical (unpaired) electrons. The molecule has 0 amide bonds. The van der Waals surface area contributed by atoms with E-state index in [9.17, 15) is 20.1 Å². The van der Waals surface area contributed by atoms with E-state index in [0.29, 0.717) is 6.42 Å². The molecule has 1 aromatic heterocycles. The van der Waals surface area contributed by atoms with Crippen LogP contribution in [0.5, 0.6) is 0 Å². The molecule has 2 rings (SSSR count). The number of aliphatic hydroxyl groups excluding tert-OH is 3. The number of hydrogen-bond acceptors (Lipinski definition) is 6. The van der Waals surface area contributed by atoms with Crippen LogP contribution in [0.4, 0.5) is 5.82 Å². The highest BCUT2D eigenvalue weighted by Crippen LogP contribution is 2.42. The molecule has 1 heterocycles. The van der Waals surface area contributed by atoms with Crippen molar-refractivity contribution >= 4 is 5.82 Å². The van der Waals surface area contributed by atoms with Crippen molar-refractivity contribution in [2.75, 3.05) is 12.3 Å². The van der Waals surface area contributed by atoms with Gasteiger partial charge in [0, 0.05) is 30.7 Å². The van der Waals surface area contributed by atoms with Crippen LogP contribution in [-0.2, 0) is 6.54 Å². The van der Waals surface area contributed by atoms with E-state index in [4.69, 9.17) is 5.73 Å². The van der Waals surface area contributed by atoms with Crippen molar-refractivity contribution in [1.82, 2.24) is 9.55 Å². The van der Waals surface area contributed by atoms with Crippen molar-refractivity contribution in [3.8, 4) is 0 Å². The lowest BCUT2D eigenvalue weighted by Crippen LogP contribution is -2.40. The number of nitrogens with zero attached hydrogens (tertiary/aromatic N) is 2. The third-order valence-corrected chi connectivity index (χ3v) is 3.91. The molecular weight excluding hydrogens is 250 g/mol. The lowest BCUT2D eigenvalue weighted by atomic mass is 9.85. The number of nitrogen functional groups attached to an aromatic ring is 1. The van der Waals surface area contributed by atoms with E-state index in [2.05, 4.69) is 4.98 Å². The van der Waals surface area contributed by atoms with E-state index < -0.39 is 23.3 Å². The lowest BCUT2D eigenvalue weighted by Gasteiger charge is -2.29. The highest BCUT2D eigenvalue weighted by atomic mass is 16.3. The molecule has 106 valence electrons. The van der Waals surface area contributed by atoms with Gasteiger partial charge in [-0.05, 0) is 12.5 Å². The second kappa shape index (κ2) is 4.92. The minimum Gasteiger partial charge on any atom is -0.396 e. The molecule has 0 saturated heterocycles. The Balaban J connectivity index is 2.25. The van der Waals surface area contributed by atoms with Crippen LogP contribution in [0.15, 0.2) is 17.1 Å². The van der Waals surface area contributed by atoms with Gasteiger partial charge < -0.3 is 21.1 Å². The molecule has 0 aliphatic heterocycles. The minimum atomic E-state index is -0.992. The van der Waals surface area contributed by atoms with Crippen molar-refractivity contribution in [3.05, 3.63) is 22.7 Å². The first-order valence-corrected chi connectivity index (χ1v) is 6.17. The molecule has 5 N–H and O–H groups in total. The van der Waals surface area contributed by atoms with Gasteiger partial charge in [-0.2, -0.15) is 4.98 Å². The molecule has 0 aromatic carbocycles. The molecular formula is C12H19N3O4. The normalized spacial score (nSPS) is 34.6. The van der Waals surface area contributed by atoms with E-state index in [1.165, 1.54) is 16.8 Å². The summed E-state index contributed by atoms with van der Waals surface area (Å²) in [5.74, 6) is -0.232. The summed E-state index contributed by atoms with van der Waals surface area (Å²) in [7, 11) is 0. The van der Waals surface area contributed by atoms with E-state index >= 15 is 0 Å². The standard InChI is InChI=1S/C12H19N3O4/c1-12(4-7(5-16)9(17)10(12)18)6-15-3-2-8(13)14-11(15)19/h2-3,7,9-10,16-18H,4-6H2,1H3,(H2,13,14,19)/t7-,9+,10?,12+/m1/s1. The van der Waals surface area contributed by atoms with Crippen LogP contribution in [-0.4, -0.2) is 43.7 Å². The summed E-state index contributed by atoms with van der Waals surface area (Å²) in [6, 6.07) is 1.51. The van der Waals surface area contributed by atoms with Gasteiger partial charge in [0.05, 0.1) is 12.2 Å². The third-order valence-electron chi connectivity index (χ3n) is 3.91. The molecule has 1 unspecified atom stereocenters. The Morgan fingerprint density at radius 1 is 1.58 bits per heavy atom. The zero-order valence-electron chi connectivity index (χ0n) is 10.7. The minimum absolute atomic E-state index is 0.145. The number of nitrogens with two attached hydrogens (primary N) is 1. The molecule has 1 saturated carbocycles. The van der Waals surface area contributed by atoms with Gasteiger partial charge in [-0.1, -0.05) is 6.92 Å². The summed E-state index contributed by atoms with van der Waals surface area (Å²) >= 11 is 0. The van der Waals surface area contributed by atoms with Gasteiger partial charge in [-0.15, -0.1) is 0 Å². The topological polar surface area (TPSA) is 122 Å². The van der Waals surface area contributed by atoms with Crippen LogP contribution >= 0.6 is 0 Å². The molecule has 1 aliphatic carbocycles. The lowest BCUT2D eigenvalue weighted by molar-refractivity contribution is -0.0333. The Morgan fingerprint density at radius 3 is 2.79 bits per heavy atom. The highest BCUT2D eigenvalue weighted by molar-refractivity contribution is 5.23. The zero-order valence-corrected chi connectivity index (χ0v) is 10.7. The Bertz CT molecular complexity index is 518. The number of anilines is 1. The fourth-order valence-corrected chi connectivity index (χ4v) is 2.79. The predicted octanol–water partition coefficient (Wildman–Crippen LogP) is -1.43. The van der Waals surface area contributed by atoms with Gasteiger partial charge in [0.1, 0.15) is 5.82 Å². The van der Waals surface area contributed by atoms with Crippen molar-refractivity contribution in [2.24, 2.45) is 11.3 Å². The first kappa shape index (κ1) is 14.0. The summed E-state index contributed by atoms with van der Waals surface area (Å²) in [5, 5.41) is 29.1. The average Bonchev–Trinajstić information content (AvgIpc) is 2.58. The first-order valence-electron chi connectivity index (χ1n) is 6.17. The average molecular weight is 269 g/mol. The third kappa shape index (κ3) is 2.49. The van der Waals surface area contributed by atoms with Crippen LogP contribution in [0.3, 0.4) is 0 Å². The van der Waals surface area contributed by atoms with Crippen LogP contribution < -0.4 is 11.4 Å². The maximum Gasteiger partial charge on any atom is 0.349 e. The molecule has 1 aromatic rings. The summed E-state index contributed by atoms with van der Waals surface area (Å²) in [5.41, 5.74) is 4.24. The molecule has 19 heavy (non-hydrogen) atoms. The van der Waals surface area contributed by atoms with Gasteiger partial charge >= 0.3 is 5.69 Å². The van der Waals surface area contributed by atoms with Crippen molar-refractivity contribution in [3.63, 3.8) is 0 Å². The summed E-state index contributed by atoms with van der Waals surface area (Å²) in [6.45, 7) is 1.80. The number of aromatic nitrogens is 2. The van der Waals surface area contributed by atoms with Crippen LogP contribution in [0.1, 0.15) is 13.3 Å². The molecule has 0 bridgehead atoms. The highest BCUT2D eigenvalue weighted by Gasteiger charge is 2.49. The Morgan fingerprint density at radius 2 is 2.26 bits per heavy atom. The van der Waals surface area contributed by atoms with Gasteiger partial charge in [-0.3, -0.25) is 4.57 Å².